The van der Waals surface area contributed by atoms with E-state index in [9.17, 15) is 4.79 Å². The van der Waals surface area contributed by atoms with E-state index in [-0.39, 0.29) is 11.9 Å². The molecule has 0 radical (unpaired) electrons. The molecule has 1 rings (SSSR count). The molecule has 1 N–H and O–H groups in total. The largest absolute Gasteiger partial charge is 0.344 e. The number of hydrogen-bond acceptors (Lipinski definition) is 2. The SMILES string of the molecule is CNC1CCCN(C)C1=O. The molecular weight excluding hydrogens is 128 g/mol. The molecular formula is C7H14N2O. The van der Waals surface area contributed by atoms with Gasteiger partial charge in [-0.1, -0.05) is 0 Å². The van der Waals surface area contributed by atoms with Crippen LogP contribution in [0, 0.1) is 0 Å². The lowest BCUT2D eigenvalue weighted by molar-refractivity contribution is -0.134. The molecule has 0 spiro atoms. The molecule has 1 aliphatic rings. The van der Waals surface area contributed by atoms with Crippen LogP contribution in [0.25, 0.3) is 0 Å². The quantitative estimate of drug-likeness (QED) is 0.551. The van der Waals surface area contributed by atoms with Gasteiger partial charge < -0.3 is 10.2 Å². The van der Waals surface area contributed by atoms with Crippen molar-refractivity contribution in [2.24, 2.45) is 0 Å². The van der Waals surface area contributed by atoms with Crippen LogP contribution in [0.15, 0.2) is 0 Å². The standard InChI is InChI=1S/C7H14N2O/c1-8-6-4-3-5-9(2)7(6)10/h6,8H,3-5H2,1-2H3. The number of likely N-dealkylation sites (N-methyl/N-ethyl adjacent to an activating group) is 2. The molecule has 10 heavy (non-hydrogen) atoms. The lowest BCUT2D eigenvalue weighted by Crippen LogP contribution is -2.47. The van der Waals surface area contributed by atoms with Crippen molar-refractivity contribution in [3.8, 4) is 0 Å². The summed E-state index contributed by atoms with van der Waals surface area (Å²) in [5, 5.41) is 2.99. The van der Waals surface area contributed by atoms with E-state index in [2.05, 4.69) is 5.32 Å². The maximum atomic E-state index is 11.2. The minimum Gasteiger partial charge on any atom is -0.344 e. The van der Waals surface area contributed by atoms with Crippen LogP contribution in [0.3, 0.4) is 0 Å². The Labute approximate surface area is 61.4 Å². The average Bonchev–Trinajstić information content (AvgIpc) is 1.95. The first-order valence-corrected chi connectivity index (χ1v) is 3.68. The number of rotatable bonds is 1. The molecule has 1 amide bonds. The maximum absolute atomic E-state index is 11.2. The molecule has 1 atom stereocenters. The first-order chi connectivity index (χ1) is 4.75. The minimum absolute atomic E-state index is 0.0683. The molecule has 0 aliphatic carbocycles. The Balaban J connectivity index is 2.51. The van der Waals surface area contributed by atoms with Gasteiger partial charge in [0.05, 0.1) is 6.04 Å². The average molecular weight is 142 g/mol. The van der Waals surface area contributed by atoms with E-state index in [0.29, 0.717) is 0 Å². The molecule has 0 saturated carbocycles. The molecule has 0 aromatic rings. The zero-order valence-electron chi connectivity index (χ0n) is 6.55. The van der Waals surface area contributed by atoms with E-state index in [1.165, 1.54) is 0 Å². The molecule has 0 bridgehead atoms. The molecule has 1 fully saturated rings. The van der Waals surface area contributed by atoms with Crippen LogP contribution in [0.1, 0.15) is 12.8 Å². The van der Waals surface area contributed by atoms with Crippen LogP contribution in [-0.2, 0) is 4.79 Å². The predicted octanol–water partition coefficient (Wildman–Crippen LogP) is -0.173. The summed E-state index contributed by atoms with van der Waals surface area (Å²) in [6.45, 7) is 0.914. The fourth-order valence-electron chi connectivity index (χ4n) is 1.30. The van der Waals surface area contributed by atoms with Gasteiger partial charge in [0.2, 0.25) is 5.91 Å². The van der Waals surface area contributed by atoms with Crippen LogP contribution in [0.5, 0.6) is 0 Å². The third kappa shape index (κ3) is 1.29. The second-order valence-corrected chi connectivity index (χ2v) is 2.74. The molecule has 1 saturated heterocycles. The first kappa shape index (κ1) is 7.54. The van der Waals surface area contributed by atoms with Gasteiger partial charge >= 0.3 is 0 Å². The van der Waals surface area contributed by atoms with Crippen molar-refractivity contribution in [2.75, 3.05) is 20.6 Å². The molecule has 0 aromatic carbocycles. The first-order valence-electron chi connectivity index (χ1n) is 3.68. The van der Waals surface area contributed by atoms with Gasteiger partial charge in [0.25, 0.3) is 0 Å². The minimum atomic E-state index is 0.0683. The highest BCUT2D eigenvalue weighted by Gasteiger charge is 2.23. The van der Waals surface area contributed by atoms with Crippen molar-refractivity contribution in [2.45, 2.75) is 18.9 Å². The second-order valence-electron chi connectivity index (χ2n) is 2.74. The Kier molecular flexibility index (Phi) is 2.27. The van der Waals surface area contributed by atoms with Gasteiger partial charge in [-0.05, 0) is 19.9 Å². The van der Waals surface area contributed by atoms with Crippen LogP contribution >= 0.6 is 0 Å². The van der Waals surface area contributed by atoms with Gasteiger partial charge in [-0.3, -0.25) is 4.79 Å². The van der Waals surface area contributed by atoms with E-state index in [0.717, 1.165) is 19.4 Å². The van der Waals surface area contributed by atoms with Gasteiger partial charge in [0.15, 0.2) is 0 Å². The van der Waals surface area contributed by atoms with Gasteiger partial charge in [-0.25, -0.2) is 0 Å². The van der Waals surface area contributed by atoms with Crippen LogP contribution in [-0.4, -0.2) is 37.5 Å². The molecule has 3 nitrogen and oxygen atoms in total. The van der Waals surface area contributed by atoms with E-state index in [1.807, 2.05) is 14.1 Å². The van der Waals surface area contributed by atoms with Crippen LogP contribution in [0.4, 0.5) is 0 Å². The summed E-state index contributed by atoms with van der Waals surface area (Å²) < 4.78 is 0. The number of hydrogen-bond donors (Lipinski definition) is 1. The Morgan fingerprint density at radius 2 is 2.40 bits per heavy atom. The van der Waals surface area contributed by atoms with Gasteiger partial charge in [0.1, 0.15) is 0 Å². The number of carbonyl (C=O) groups is 1. The number of nitrogens with one attached hydrogen (secondary N) is 1. The Morgan fingerprint density at radius 1 is 1.70 bits per heavy atom. The lowest BCUT2D eigenvalue weighted by Gasteiger charge is -2.28. The molecule has 1 unspecified atom stereocenters. The van der Waals surface area contributed by atoms with Crippen molar-refractivity contribution in [1.82, 2.24) is 10.2 Å². The highest BCUT2D eigenvalue weighted by Crippen LogP contribution is 2.08. The summed E-state index contributed by atoms with van der Waals surface area (Å²) in [5.74, 6) is 0.230. The fourth-order valence-corrected chi connectivity index (χ4v) is 1.30. The summed E-state index contributed by atoms with van der Waals surface area (Å²) in [4.78, 5) is 13.0. The normalized spacial score (nSPS) is 27.2. The van der Waals surface area contributed by atoms with Gasteiger partial charge in [-0.15, -0.1) is 0 Å². The Morgan fingerprint density at radius 3 is 2.90 bits per heavy atom. The molecule has 3 heteroatoms. The number of nitrogens with zero attached hydrogens (tertiary/aromatic N) is 1. The van der Waals surface area contributed by atoms with Crippen molar-refractivity contribution >= 4 is 5.91 Å². The van der Waals surface area contributed by atoms with E-state index >= 15 is 0 Å². The van der Waals surface area contributed by atoms with E-state index < -0.39 is 0 Å². The third-order valence-electron chi connectivity index (χ3n) is 2.01. The molecule has 58 valence electrons. The van der Waals surface area contributed by atoms with Crippen molar-refractivity contribution in [1.29, 1.82) is 0 Å². The van der Waals surface area contributed by atoms with Crippen LogP contribution < -0.4 is 5.32 Å². The smallest absolute Gasteiger partial charge is 0.239 e. The lowest BCUT2D eigenvalue weighted by atomic mass is 10.1. The zero-order chi connectivity index (χ0) is 7.56. The highest BCUT2D eigenvalue weighted by molar-refractivity contribution is 5.82. The second kappa shape index (κ2) is 3.01. The van der Waals surface area contributed by atoms with Gasteiger partial charge in [0, 0.05) is 13.6 Å². The monoisotopic (exact) mass is 142 g/mol. The van der Waals surface area contributed by atoms with E-state index in [4.69, 9.17) is 0 Å². The summed E-state index contributed by atoms with van der Waals surface area (Å²) in [6, 6.07) is 0.0683. The zero-order valence-corrected chi connectivity index (χ0v) is 6.55. The highest BCUT2D eigenvalue weighted by atomic mass is 16.2. The number of likely N-dealkylation sites (tertiary alicyclic amines) is 1. The number of carbonyl (C=O) groups excluding carboxylic acids is 1. The van der Waals surface area contributed by atoms with Gasteiger partial charge in [-0.2, -0.15) is 0 Å². The summed E-state index contributed by atoms with van der Waals surface area (Å²) in [6.07, 6.45) is 2.10. The molecule has 1 aliphatic heterocycles. The predicted molar refractivity (Wildman–Crippen MR) is 39.7 cm³/mol. The van der Waals surface area contributed by atoms with Crippen molar-refractivity contribution in [3.05, 3.63) is 0 Å². The van der Waals surface area contributed by atoms with E-state index in [1.54, 1.807) is 4.90 Å². The fraction of sp³-hybridized carbons (Fsp3) is 0.857. The maximum Gasteiger partial charge on any atom is 0.239 e. The topological polar surface area (TPSA) is 32.3 Å². The third-order valence-corrected chi connectivity index (χ3v) is 2.01. The summed E-state index contributed by atoms with van der Waals surface area (Å²) in [5.41, 5.74) is 0. The summed E-state index contributed by atoms with van der Waals surface area (Å²) >= 11 is 0. The summed E-state index contributed by atoms with van der Waals surface area (Å²) in [7, 11) is 3.69. The van der Waals surface area contributed by atoms with Crippen LogP contribution in [0.2, 0.25) is 0 Å². The Hall–Kier alpha value is -0.570. The molecule has 1 heterocycles. The number of amides is 1. The van der Waals surface area contributed by atoms with Crippen molar-refractivity contribution < 1.29 is 4.79 Å². The number of piperidine rings is 1. The Bertz CT molecular complexity index is 136. The molecule has 0 aromatic heterocycles. The van der Waals surface area contributed by atoms with Crippen molar-refractivity contribution in [3.63, 3.8) is 0 Å².